The number of nitrogens with zero attached hydrogens (tertiary/aromatic N) is 3. The molecule has 7 heteroatoms. The first-order valence-corrected chi connectivity index (χ1v) is 11.3. The molecule has 1 saturated heterocycles. The van der Waals surface area contributed by atoms with Crippen LogP contribution in [0.2, 0.25) is 0 Å². The largest absolute Gasteiger partial charge is 0.351 e. The van der Waals surface area contributed by atoms with E-state index in [0.717, 1.165) is 53.4 Å². The lowest BCUT2D eigenvalue weighted by atomic mass is 10.2. The van der Waals surface area contributed by atoms with Crippen LogP contribution in [0.25, 0.3) is 16.3 Å². The molecule has 1 aromatic heterocycles. The van der Waals surface area contributed by atoms with Gasteiger partial charge in [0.15, 0.2) is 5.13 Å². The van der Waals surface area contributed by atoms with E-state index in [-0.39, 0.29) is 5.91 Å². The highest BCUT2D eigenvalue weighted by atomic mass is 79.9. The highest BCUT2D eigenvalue weighted by Gasteiger charge is 2.19. The summed E-state index contributed by atoms with van der Waals surface area (Å²) in [5.74, 6) is -0.0480. The van der Waals surface area contributed by atoms with Crippen molar-refractivity contribution < 1.29 is 4.79 Å². The fraction of sp³-hybridized carbons (Fsp3) is 0.273. The predicted molar refractivity (Wildman–Crippen MR) is 124 cm³/mol. The smallest absolute Gasteiger partial charge is 0.244 e. The van der Waals surface area contributed by atoms with Gasteiger partial charge in [0.25, 0.3) is 0 Å². The van der Waals surface area contributed by atoms with Gasteiger partial charge in [0.05, 0.1) is 10.2 Å². The molecule has 1 fully saturated rings. The molecule has 5 nitrogen and oxygen atoms in total. The van der Waals surface area contributed by atoms with E-state index in [4.69, 9.17) is 4.98 Å². The van der Waals surface area contributed by atoms with Gasteiger partial charge in [-0.05, 0) is 29.8 Å². The Kier molecular flexibility index (Phi) is 6.59. The Morgan fingerprint density at radius 3 is 2.72 bits per heavy atom. The number of fused-ring (bicyclic) bond motifs is 1. The first-order valence-electron chi connectivity index (χ1n) is 9.72. The molecule has 150 valence electrons. The van der Waals surface area contributed by atoms with Crippen LogP contribution in [0.5, 0.6) is 0 Å². The Morgan fingerprint density at radius 2 is 1.93 bits per heavy atom. The molecular formula is C22H23BrN4OS. The third-order valence-electron chi connectivity index (χ3n) is 4.94. The summed E-state index contributed by atoms with van der Waals surface area (Å²) in [5.41, 5.74) is 2.09. The van der Waals surface area contributed by atoms with Crippen LogP contribution in [-0.2, 0) is 4.79 Å². The minimum absolute atomic E-state index is 0.0480. The maximum Gasteiger partial charge on any atom is 0.244 e. The average molecular weight is 471 g/mol. The molecule has 3 aromatic rings. The summed E-state index contributed by atoms with van der Waals surface area (Å²) in [6.07, 6.45) is 3.43. The van der Waals surface area contributed by atoms with E-state index in [0.29, 0.717) is 6.54 Å². The fourth-order valence-electron chi connectivity index (χ4n) is 3.32. The average Bonchev–Trinajstić information content (AvgIpc) is 3.17. The molecular weight excluding hydrogens is 448 g/mol. The lowest BCUT2D eigenvalue weighted by Gasteiger charge is -2.34. The highest BCUT2D eigenvalue weighted by molar-refractivity contribution is 9.10. The van der Waals surface area contributed by atoms with Crippen LogP contribution in [0.1, 0.15) is 5.56 Å². The van der Waals surface area contributed by atoms with E-state index in [1.165, 1.54) is 4.70 Å². The van der Waals surface area contributed by atoms with Crippen molar-refractivity contribution in [1.29, 1.82) is 0 Å². The number of aromatic nitrogens is 1. The van der Waals surface area contributed by atoms with Crippen molar-refractivity contribution in [3.63, 3.8) is 0 Å². The topological polar surface area (TPSA) is 48.5 Å². The van der Waals surface area contributed by atoms with Crippen molar-refractivity contribution >= 4 is 54.6 Å². The normalized spacial score (nSPS) is 15.3. The molecule has 0 saturated carbocycles. The van der Waals surface area contributed by atoms with Gasteiger partial charge in [0.1, 0.15) is 0 Å². The van der Waals surface area contributed by atoms with Crippen molar-refractivity contribution in [3.05, 3.63) is 64.6 Å². The second-order valence-electron chi connectivity index (χ2n) is 6.97. The van der Waals surface area contributed by atoms with E-state index < -0.39 is 0 Å². The van der Waals surface area contributed by atoms with Gasteiger partial charge in [-0.25, -0.2) is 4.98 Å². The van der Waals surface area contributed by atoms with Gasteiger partial charge in [-0.1, -0.05) is 57.6 Å². The minimum Gasteiger partial charge on any atom is -0.351 e. The van der Waals surface area contributed by atoms with E-state index in [2.05, 4.69) is 43.2 Å². The van der Waals surface area contributed by atoms with Crippen molar-refractivity contribution in [2.75, 3.05) is 44.2 Å². The number of amides is 1. The zero-order valence-corrected chi connectivity index (χ0v) is 18.5. The van der Waals surface area contributed by atoms with Crippen molar-refractivity contribution in [3.8, 4) is 0 Å². The summed E-state index contributed by atoms with van der Waals surface area (Å²) in [5, 5.41) is 4.06. The second kappa shape index (κ2) is 9.52. The summed E-state index contributed by atoms with van der Waals surface area (Å²) in [6.45, 7) is 5.41. The molecule has 4 rings (SSSR count). The number of rotatable bonds is 6. The van der Waals surface area contributed by atoms with E-state index in [1.54, 1.807) is 17.4 Å². The third-order valence-corrected chi connectivity index (χ3v) is 6.51. The number of anilines is 1. The summed E-state index contributed by atoms with van der Waals surface area (Å²) >= 11 is 5.27. The van der Waals surface area contributed by atoms with Gasteiger partial charge in [-0.15, -0.1) is 0 Å². The van der Waals surface area contributed by atoms with Crippen LogP contribution < -0.4 is 10.2 Å². The van der Waals surface area contributed by atoms with Crippen LogP contribution >= 0.6 is 27.3 Å². The molecule has 1 aliphatic rings. The summed E-state index contributed by atoms with van der Waals surface area (Å²) < 4.78 is 2.30. The monoisotopic (exact) mass is 470 g/mol. The minimum atomic E-state index is -0.0480. The molecule has 0 radical (unpaired) electrons. The number of hydrogen-bond acceptors (Lipinski definition) is 5. The maximum atomic E-state index is 12.0. The van der Waals surface area contributed by atoms with Crippen LogP contribution in [0, 0.1) is 0 Å². The first kappa shape index (κ1) is 20.1. The van der Waals surface area contributed by atoms with Crippen molar-refractivity contribution in [2.45, 2.75) is 0 Å². The lowest BCUT2D eigenvalue weighted by molar-refractivity contribution is -0.116. The van der Waals surface area contributed by atoms with Crippen LogP contribution in [0.15, 0.2) is 59.1 Å². The SMILES string of the molecule is O=C(/C=C/c1ccccc1)NCCN1CCN(c2nc3ccc(Br)cc3s2)CC1. The quantitative estimate of drug-likeness (QED) is 0.552. The Morgan fingerprint density at radius 1 is 1.14 bits per heavy atom. The Balaban J connectivity index is 1.20. The number of carbonyl (C=O) groups excluding carboxylic acids is 1. The van der Waals surface area contributed by atoms with E-state index >= 15 is 0 Å². The number of nitrogens with one attached hydrogen (secondary N) is 1. The highest BCUT2D eigenvalue weighted by Crippen LogP contribution is 2.31. The molecule has 1 aliphatic heterocycles. The van der Waals surface area contributed by atoms with Crippen LogP contribution in [0.4, 0.5) is 5.13 Å². The second-order valence-corrected chi connectivity index (χ2v) is 8.90. The van der Waals surface area contributed by atoms with Gasteiger partial charge in [-0.3, -0.25) is 9.69 Å². The molecule has 0 spiro atoms. The van der Waals surface area contributed by atoms with Gasteiger partial charge in [0.2, 0.25) is 5.91 Å². The molecule has 2 aromatic carbocycles. The molecule has 2 heterocycles. The van der Waals surface area contributed by atoms with Crippen molar-refractivity contribution in [2.24, 2.45) is 0 Å². The molecule has 0 atom stereocenters. The Bertz CT molecular complexity index is 996. The maximum absolute atomic E-state index is 12.0. The lowest BCUT2D eigenvalue weighted by Crippen LogP contribution is -2.48. The fourth-order valence-corrected chi connectivity index (χ4v) is 4.89. The number of halogens is 1. The zero-order chi connectivity index (χ0) is 20.1. The van der Waals surface area contributed by atoms with Gasteiger partial charge >= 0.3 is 0 Å². The number of thiazole rings is 1. The summed E-state index contributed by atoms with van der Waals surface area (Å²) in [4.78, 5) is 21.5. The Hall–Kier alpha value is -2.22. The van der Waals surface area contributed by atoms with Gasteiger partial charge < -0.3 is 10.2 Å². The third kappa shape index (κ3) is 5.44. The van der Waals surface area contributed by atoms with Crippen LogP contribution in [0.3, 0.4) is 0 Å². The van der Waals surface area contributed by atoms with E-state index in [9.17, 15) is 4.79 Å². The number of carbonyl (C=O) groups is 1. The number of hydrogen-bond donors (Lipinski definition) is 1. The van der Waals surface area contributed by atoms with Crippen LogP contribution in [-0.4, -0.2) is 55.1 Å². The van der Waals surface area contributed by atoms with Gasteiger partial charge in [-0.2, -0.15) is 0 Å². The molecule has 0 unspecified atom stereocenters. The predicted octanol–water partition coefficient (Wildman–Crippen LogP) is 4.01. The van der Waals surface area contributed by atoms with Gasteiger partial charge in [0, 0.05) is 49.8 Å². The molecule has 1 amide bonds. The first-order chi connectivity index (χ1) is 14.2. The molecule has 1 N–H and O–H groups in total. The number of piperazine rings is 1. The molecule has 29 heavy (non-hydrogen) atoms. The standard InChI is InChI=1S/C22H23BrN4OS/c23-18-7-8-19-20(16-18)29-22(25-19)27-14-12-26(13-15-27)11-10-24-21(28)9-6-17-4-2-1-3-5-17/h1-9,16H,10-15H2,(H,24,28)/b9-6+. The molecule has 0 bridgehead atoms. The van der Waals surface area contributed by atoms with E-state index in [1.807, 2.05) is 42.5 Å². The number of benzene rings is 2. The molecule has 0 aliphatic carbocycles. The Labute approximate surface area is 183 Å². The summed E-state index contributed by atoms with van der Waals surface area (Å²) in [7, 11) is 0. The van der Waals surface area contributed by atoms with Crippen molar-refractivity contribution in [1.82, 2.24) is 15.2 Å². The zero-order valence-electron chi connectivity index (χ0n) is 16.1. The summed E-state index contributed by atoms with van der Waals surface area (Å²) in [6, 6.07) is 16.1.